The van der Waals surface area contributed by atoms with Crippen molar-refractivity contribution in [3.05, 3.63) is 23.8 Å². The third-order valence-corrected chi connectivity index (χ3v) is 6.41. The van der Waals surface area contributed by atoms with Gasteiger partial charge < -0.3 is 9.64 Å². The van der Waals surface area contributed by atoms with Crippen LogP contribution in [0.25, 0.3) is 0 Å². The van der Waals surface area contributed by atoms with E-state index in [1.807, 2.05) is 6.92 Å². The standard InChI is InChI=1S/C17H28N2O3S/c1-14(2)7-8-18-9-11-19(12-10-18)23(20,21)17-6-5-16(22-4)13-15(17)3/h5-6,13-14H,7-12H2,1-4H3. The minimum absolute atomic E-state index is 0.383. The Labute approximate surface area is 140 Å². The van der Waals surface area contributed by atoms with Gasteiger partial charge in [0.05, 0.1) is 12.0 Å². The number of hydrogen-bond donors (Lipinski definition) is 0. The molecule has 0 aromatic heterocycles. The van der Waals surface area contributed by atoms with Gasteiger partial charge in [-0.1, -0.05) is 13.8 Å². The quantitative estimate of drug-likeness (QED) is 0.798. The first-order chi connectivity index (χ1) is 10.8. The highest BCUT2D eigenvalue weighted by Crippen LogP contribution is 2.24. The number of ether oxygens (including phenoxy) is 1. The van der Waals surface area contributed by atoms with Gasteiger partial charge in [0.25, 0.3) is 0 Å². The van der Waals surface area contributed by atoms with E-state index in [-0.39, 0.29) is 0 Å². The van der Waals surface area contributed by atoms with Gasteiger partial charge in [-0.25, -0.2) is 8.42 Å². The van der Waals surface area contributed by atoms with Gasteiger partial charge in [0.2, 0.25) is 10.0 Å². The molecule has 23 heavy (non-hydrogen) atoms. The SMILES string of the molecule is COc1ccc(S(=O)(=O)N2CCN(CCC(C)C)CC2)c(C)c1. The minimum atomic E-state index is -3.42. The summed E-state index contributed by atoms with van der Waals surface area (Å²) in [5.74, 6) is 1.36. The number of hydrogen-bond acceptors (Lipinski definition) is 4. The zero-order valence-electron chi connectivity index (χ0n) is 14.6. The molecule has 1 heterocycles. The van der Waals surface area contributed by atoms with E-state index in [4.69, 9.17) is 4.74 Å². The third-order valence-electron chi connectivity index (χ3n) is 4.35. The maximum Gasteiger partial charge on any atom is 0.243 e. The summed E-state index contributed by atoms with van der Waals surface area (Å²) in [4.78, 5) is 2.74. The van der Waals surface area contributed by atoms with Gasteiger partial charge in [0, 0.05) is 26.2 Å². The van der Waals surface area contributed by atoms with E-state index in [2.05, 4.69) is 18.7 Å². The average Bonchev–Trinajstić information content (AvgIpc) is 2.52. The second-order valence-electron chi connectivity index (χ2n) is 6.56. The predicted molar refractivity (Wildman–Crippen MR) is 92.4 cm³/mol. The number of sulfonamides is 1. The molecule has 0 radical (unpaired) electrons. The zero-order valence-corrected chi connectivity index (χ0v) is 15.4. The minimum Gasteiger partial charge on any atom is -0.497 e. The molecule has 0 bridgehead atoms. The molecule has 2 rings (SSSR count). The van der Waals surface area contributed by atoms with Gasteiger partial charge in [0.1, 0.15) is 5.75 Å². The monoisotopic (exact) mass is 340 g/mol. The molecule has 0 atom stereocenters. The molecular weight excluding hydrogens is 312 g/mol. The van der Waals surface area contributed by atoms with Crippen molar-refractivity contribution in [3.63, 3.8) is 0 Å². The Kier molecular flexibility index (Phi) is 6.06. The zero-order chi connectivity index (χ0) is 17.0. The van der Waals surface area contributed by atoms with Crippen molar-refractivity contribution in [2.24, 2.45) is 5.92 Å². The number of aryl methyl sites for hydroxylation is 1. The Morgan fingerprint density at radius 2 is 1.83 bits per heavy atom. The van der Waals surface area contributed by atoms with Crippen molar-refractivity contribution in [2.75, 3.05) is 39.8 Å². The van der Waals surface area contributed by atoms with Gasteiger partial charge in [-0.15, -0.1) is 0 Å². The molecule has 5 nitrogen and oxygen atoms in total. The Bertz CT molecular complexity index is 621. The van der Waals surface area contributed by atoms with E-state index >= 15 is 0 Å². The van der Waals surface area contributed by atoms with Crippen molar-refractivity contribution in [1.29, 1.82) is 0 Å². The van der Waals surface area contributed by atoms with E-state index in [0.717, 1.165) is 31.6 Å². The lowest BCUT2D eigenvalue weighted by Gasteiger charge is -2.34. The highest BCUT2D eigenvalue weighted by atomic mass is 32.2. The average molecular weight is 340 g/mol. The summed E-state index contributed by atoms with van der Waals surface area (Å²) in [6.45, 7) is 10.0. The predicted octanol–water partition coefficient (Wildman–Crippen LogP) is 2.36. The maximum absolute atomic E-state index is 12.8. The van der Waals surface area contributed by atoms with Crippen LogP contribution >= 0.6 is 0 Å². The summed E-state index contributed by atoms with van der Waals surface area (Å²) in [5, 5.41) is 0. The Morgan fingerprint density at radius 1 is 1.17 bits per heavy atom. The number of benzene rings is 1. The van der Waals surface area contributed by atoms with E-state index in [1.54, 1.807) is 29.6 Å². The van der Waals surface area contributed by atoms with Crippen molar-refractivity contribution in [2.45, 2.75) is 32.1 Å². The van der Waals surface area contributed by atoms with Crippen LogP contribution in [-0.4, -0.2) is 57.5 Å². The normalized spacial score (nSPS) is 17.6. The Balaban J connectivity index is 2.04. The van der Waals surface area contributed by atoms with E-state index < -0.39 is 10.0 Å². The molecule has 0 amide bonds. The lowest BCUT2D eigenvalue weighted by atomic mass is 10.1. The first-order valence-corrected chi connectivity index (χ1v) is 9.65. The van der Waals surface area contributed by atoms with E-state index in [9.17, 15) is 8.42 Å². The summed E-state index contributed by atoms with van der Waals surface area (Å²) >= 11 is 0. The molecule has 0 aliphatic carbocycles. The Hall–Kier alpha value is -1.11. The van der Waals surface area contributed by atoms with Gasteiger partial charge >= 0.3 is 0 Å². The van der Waals surface area contributed by atoms with Gasteiger partial charge in [-0.2, -0.15) is 4.31 Å². The molecule has 1 saturated heterocycles. The van der Waals surface area contributed by atoms with E-state index in [0.29, 0.717) is 29.7 Å². The van der Waals surface area contributed by atoms with Crippen LogP contribution in [0.15, 0.2) is 23.1 Å². The fraction of sp³-hybridized carbons (Fsp3) is 0.647. The van der Waals surface area contributed by atoms with Crippen LogP contribution < -0.4 is 4.74 Å². The summed E-state index contributed by atoms with van der Waals surface area (Å²) in [6, 6.07) is 5.12. The van der Waals surface area contributed by atoms with Gasteiger partial charge in [0.15, 0.2) is 0 Å². The molecule has 0 spiro atoms. The highest BCUT2D eigenvalue weighted by molar-refractivity contribution is 7.89. The molecule has 1 fully saturated rings. The van der Waals surface area contributed by atoms with Crippen LogP contribution in [0, 0.1) is 12.8 Å². The van der Waals surface area contributed by atoms with Crippen molar-refractivity contribution < 1.29 is 13.2 Å². The molecule has 0 N–H and O–H groups in total. The second-order valence-corrected chi connectivity index (χ2v) is 8.47. The largest absolute Gasteiger partial charge is 0.497 e. The summed E-state index contributed by atoms with van der Waals surface area (Å²) < 4.78 is 32.5. The summed E-state index contributed by atoms with van der Waals surface area (Å²) in [7, 11) is -1.84. The summed E-state index contributed by atoms with van der Waals surface area (Å²) in [5.41, 5.74) is 0.728. The molecule has 1 aromatic rings. The fourth-order valence-corrected chi connectivity index (χ4v) is 4.44. The van der Waals surface area contributed by atoms with E-state index in [1.165, 1.54) is 0 Å². The second kappa shape index (κ2) is 7.64. The number of nitrogens with zero attached hydrogens (tertiary/aromatic N) is 2. The lowest BCUT2D eigenvalue weighted by molar-refractivity contribution is 0.180. The first kappa shape index (κ1) is 18.2. The highest BCUT2D eigenvalue weighted by Gasteiger charge is 2.29. The number of piperazine rings is 1. The molecule has 130 valence electrons. The Morgan fingerprint density at radius 3 is 2.35 bits per heavy atom. The smallest absolute Gasteiger partial charge is 0.243 e. The van der Waals surface area contributed by atoms with Crippen molar-refractivity contribution >= 4 is 10.0 Å². The van der Waals surface area contributed by atoms with Crippen LogP contribution in [0.5, 0.6) is 5.75 Å². The fourth-order valence-electron chi connectivity index (χ4n) is 2.81. The third kappa shape index (κ3) is 4.46. The molecule has 0 saturated carbocycles. The van der Waals surface area contributed by atoms with Crippen LogP contribution in [0.3, 0.4) is 0 Å². The van der Waals surface area contributed by atoms with Crippen molar-refractivity contribution in [1.82, 2.24) is 9.21 Å². The van der Waals surface area contributed by atoms with Crippen LogP contribution in [-0.2, 0) is 10.0 Å². The van der Waals surface area contributed by atoms with Gasteiger partial charge in [-0.3, -0.25) is 0 Å². The topological polar surface area (TPSA) is 49.9 Å². The summed E-state index contributed by atoms with van der Waals surface area (Å²) in [6.07, 6.45) is 1.16. The number of rotatable bonds is 6. The van der Waals surface area contributed by atoms with Gasteiger partial charge in [-0.05, 0) is 49.6 Å². The van der Waals surface area contributed by atoms with Crippen molar-refractivity contribution in [3.8, 4) is 5.75 Å². The lowest BCUT2D eigenvalue weighted by Crippen LogP contribution is -2.48. The molecule has 6 heteroatoms. The molecule has 1 aliphatic heterocycles. The molecule has 0 unspecified atom stereocenters. The molecule has 1 aliphatic rings. The maximum atomic E-state index is 12.8. The van der Waals surface area contributed by atoms with Crippen LogP contribution in [0.4, 0.5) is 0 Å². The number of methoxy groups -OCH3 is 1. The first-order valence-electron chi connectivity index (χ1n) is 8.21. The molecular formula is C17H28N2O3S. The molecule has 1 aromatic carbocycles. The van der Waals surface area contributed by atoms with Crippen LogP contribution in [0.2, 0.25) is 0 Å². The van der Waals surface area contributed by atoms with Crippen LogP contribution in [0.1, 0.15) is 25.8 Å².